The van der Waals surface area contributed by atoms with E-state index in [2.05, 4.69) is 6.58 Å². The number of aromatic nitrogens is 2. The highest BCUT2D eigenvalue weighted by molar-refractivity contribution is 5.97. The number of carbonyl (C=O) groups excluding carboxylic acids is 1. The summed E-state index contributed by atoms with van der Waals surface area (Å²) >= 11 is 0. The van der Waals surface area contributed by atoms with Gasteiger partial charge in [0, 0.05) is 22.9 Å². The topological polar surface area (TPSA) is 114 Å². The van der Waals surface area contributed by atoms with Crippen molar-refractivity contribution in [3.63, 3.8) is 0 Å². The lowest BCUT2D eigenvalue weighted by molar-refractivity contribution is -0.143. The molecular formula is C28H30FN3O6. The lowest BCUT2D eigenvalue weighted by Gasteiger charge is -2.31. The van der Waals surface area contributed by atoms with E-state index in [4.69, 9.17) is 14.5 Å². The summed E-state index contributed by atoms with van der Waals surface area (Å²) in [5.74, 6) is -1.33. The minimum absolute atomic E-state index is 0.216. The molecule has 3 atom stereocenters. The first-order valence-corrected chi connectivity index (χ1v) is 12.6. The smallest absolute Gasteiger partial charge is 0.418 e. The van der Waals surface area contributed by atoms with E-state index in [0.29, 0.717) is 66.7 Å². The number of aliphatic hydroxyl groups excluding tert-OH is 1. The van der Waals surface area contributed by atoms with Gasteiger partial charge in [-0.2, -0.15) is 0 Å². The minimum Gasteiger partial charge on any atom is -0.496 e. The molecule has 10 heteroatoms. The molecule has 3 aromatic rings. The number of carboxylic acids is 1. The monoisotopic (exact) mass is 523 g/mol. The molecule has 38 heavy (non-hydrogen) atoms. The van der Waals surface area contributed by atoms with Crippen LogP contribution in [0, 0.1) is 11.7 Å². The largest absolute Gasteiger partial charge is 0.496 e. The van der Waals surface area contributed by atoms with Crippen molar-refractivity contribution in [2.24, 2.45) is 5.92 Å². The fourth-order valence-electron chi connectivity index (χ4n) is 5.81. The van der Waals surface area contributed by atoms with Gasteiger partial charge in [-0.25, -0.2) is 14.2 Å². The average molecular weight is 524 g/mol. The molecule has 5 rings (SSSR count). The van der Waals surface area contributed by atoms with Gasteiger partial charge in [0.25, 0.3) is 0 Å². The van der Waals surface area contributed by atoms with Gasteiger partial charge in [-0.05, 0) is 62.4 Å². The SMILES string of the molecule is C=C1CCc2c(ccc3c2nc([C@@H](O)c2cc(F)ccc2OC)n3[C@@H]2CCC[C@@H](C(=O)O)C2)N1C(=O)OC. The highest BCUT2D eigenvalue weighted by Gasteiger charge is 2.35. The van der Waals surface area contributed by atoms with E-state index in [-0.39, 0.29) is 17.4 Å². The summed E-state index contributed by atoms with van der Waals surface area (Å²) in [6, 6.07) is 7.29. The molecule has 2 aromatic carbocycles. The number of benzene rings is 2. The Balaban J connectivity index is 1.73. The summed E-state index contributed by atoms with van der Waals surface area (Å²) in [7, 11) is 2.75. The zero-order valence-corrected chi connectivity index (χ0v) is 21.3. The van der Waals surface area contributed by atoms with Crippen molar-refractivity contribution in [3.8, 4) is 5.75 Å². The molecule has 1 saturated carbocycles. The summed E-state index contributed by atoms with van der Waals surface area (Å²) in [6.45, 7) is 4.01. The average Bonchev–Trinajstić information content (AvgIpc) is 3.32. The van der Waals surface area contributed by atoms with Crippen molar-refractivity contribution < 1.29 is 33.7 Å². The van der Waals surface area contributed by atoms with Crippen LogP contribution < -0.4 is 9.64 Å². The number of aryl methyl sites for hydroxylation is 1. The Kier molecular flexibility index (Phi) is 6.83. The number of ether oxygens (including phenoxy) is 2. The number of carbonyl (C=O) groups is 2. The van der Waals surface area contributed by atoms with Crippen LogP contribution in [0.15, 0.2) is 42.6 Å². The molecule has 0 radical (unpaired) electrons. The first-order valence-electron chi connectivity index (χ1n) is 12.6. The molecule has 0 unspecified atom stereocenters. The molecule has 1 fully saturated rings. The fourth-order valence-corrected chi connectivity index (χ4v) is 5.81. The Morgan fingerprint density at radius 1 is 1.18 bits per heavy atom. The molecule has 1 amide bonds. The van der Waals surface area contributed by atoms with Gasteiger partial charge in [0.1, 0.15) is 23.5 Å². The van der Waals surface area contributed by atoms with Crippen LogP contribution in [-0.2, 0) is 16.0 Å². The van der Waals surface area contributed by atoms with Crippen LogP contribution in [0.2, 0.25) is 0 Å². The van der Waals surface area contributed by atoms with Crippen LogP contribution in [0.25, 0.3) is 11.0 Å². The van der Waals surface area contributed by atoms with E-state index < -0.39 is 29.9 Å². The Bertz CT molecular complexity index is 1430. The molecule has 2 N–H and O–H groups in total. The number of carboxylic acid groups (broad SMARTS) is 1. The van der Waals surface area contributed by atoms with E-state index in [1.54, 1.807) is 6.07 Å². The summed E-state index contributed by atoms with van der Waals surface area (Å²) in [6.07, 6.45) is 1.55. The van der Waals surface area contributed by atoms with Crippen molar-refractivity contribution in [2.45, 2.75) is 50.7 Å². The van der Waals surface area contributed by atoms with E-state index in [0.717, 1.165) is 5.56 Å². The van der Waals surface area contributed by atoms with Crippen LogP contribution in [0.3, 0.4) is 0 Å². The van der Waals surface area contributed by atoms with E-state index >= 15 is 0 Å². The Hall–Kier alpha value is -3.92. The molecule has 2 heterocycles. The Labute approximate surface area is 219 Å². The number of nitrogens with zero attached hydrogens (tertiary/aromatic N) is 3. The number of amides is 1. The third-order valence-electron chi connectivity index (χ3n) is 7.64. The second-order valence-electron chi connectivity index (χ2n) is 9.79. The minimum atomic E-state index is -1.34. The predicted octanol–water partition coefficient (Wildman–Crippen LogP) is 5.11. The van der Waals surface area contributed by atoms with Gasteiger partial charge in [0.05, 0.1) is 36.9 Å². The van der Waals surface area contributed by atoms with Gasteiger partial charge >= 0.3 is 12.1 Å². The quantitative estimate of drug-likeness (QED) is 0.477. The number of aliphatic hydroxyl groups is 1. The van der Waals surface area contributed by atoms with Gasteiger partial charge in [0.15, 0.2) is 0 Å². The highest BCUT2D eigenvalue weighted by atomic mass is 19.1. The number of halogens is 1. The van der Waals surface area contributed by atoms with Gasteiger partial charge in [0.2, 0.25) is 0 Å². The number of imidazole rings is 1. The van der Waals surface area contributed by atoms with E-state index in [1.165, 1.54) is 37.3 Å². The van der Waals surface area contributed by atoms with Crippen molar-refractivity contribution >= 4 is 28.8 Å². The summed E-state index contributed by atoms with van der Waals surface area (Å²) in [4.78, 5) is 30.7. The maximum atomic E-state index is 14.3. The van der Waals surface area contributed by atoms with Gasteiger partial charge in [-0.1, -0.05) is 13.0 Å². The van der Waals surface area contributed by atoms with Gasteiger partial charge < -0.3 is 24.3 Å². The van der Waals surface area contributed by atoms with Crippen LogP contribution in [0.1, 0.15) is 61.2 Å². The summed E-state index contributed by atoms with van der Waals surface area (Å²) in [5.41, 5.74) is 3.51. The lowest BCUT2D eigenvalue weighted by atomic mass is 9.85. The second kappa shape index (κ2) is 10.1. The second-order valence-corrected chi connectivity index (χ2v) is 9.79. The summed E-state index contributed by atoms with van der Waals surface area (Å²) in [5, 5.41) is 21.3. The number of fused-ring (bicyclic) bond motifs is 3. The molecule has 1 aliphatic heterocycles. The van der Waals surface area contributed by atoms with Crippen LogP contribution >= 0.6 is 0 Å². The first kappa shape index (κ1) is 25.7. The van der Waals surface area contributed by atoms with Crippen molar-refractivity contribution in [3.05, 3.63) is 65.4 Å². The highest BCUT2D eigenvalue weighted by Crippen LogP contribution is 2.43. The van der Waals surface area contributed by atoms with Gasteiger partial charge in [-0.3, -0.25) is 9.69 Å². The van der Waals surface area contributed by atoms with Crippen molar-refractivity contribution in [1.82, 2.24) is 9.55 Å². The number of aliphatic carboxylic acids is 1. The third kappa shape index (κ3) is 4.28. The molecule has 0 saturated heterocycles. The normalized spacial score (nSPS) is 20.2. The molecule has 0 spiro atoms. The number of methoxy groups -OCH3 is 2. The van der Waals surface area contributed by atoms with Crippen molar-refractivity contribution in [1.29, 1.82) is 0 Å². The molecule has 200 valence electrons. The molecule has 2 aliphatic rings. The van der Waals surface area contributed by atoms with Crippen LogP contribution in [0.5, 0.6) is 5.75 Å². The zero-order chi connectivity index (χ0) is 27.1. The number of hydrogen-bond donors (Lipinski definition) is 2. The van der Waals surface area contributed by atoms with Gasteiger partial charge in [-0.15, -0.1) is 0 Å². The maximum absolute atomic E-state index is 14.3. The number of anilines is 1. The van der Waals surface area contributed by atoms with Crippen molar-refractivity contribution in [2.75, 3.05) is 19.1 Å². The third-order valence-corrected chi connectivity index (χ3v) is 7.64. The first-order chi connectivity index (χ1) is 18.2. The molecule has 9 nitrogen and oxygen atoms in total. The Morgan fingerprint density at radius 3 is 2.68 bits per heavy atom. The Morgan fingerprint density at radius 2 is 1.97 bits per heavy atom. The predicted molar refractivity (Wildman–Crippen MR) is 138 cm³/mol. The summed E-state index contributed by atoms with van der Waals surface area (Å²) < 4.78 is 26.5. The molecule has 1 aromatic heterocycles. The number of hydrogen-bond acceptors (Lipinski definition) is 6. The fraction of sp³-hybridized carbons (Fsp3) is 0.393. The molecule has 1 aliphatic carbocycles. The zero-order valence-electron chi connectivity index (χ0n) is 21.3. The van der Waals surface area contributed by atoms with Crippen LogP contribution in [-0.4, -0.2) is 46.0 Å². The van der Waals surface area contributed by atoms with E-state index in [1.807, 2.05) is 10.6 Å². The van der Waals surface area contributed by atoms with E-state index in [9.17, 15) is 24.2 Å². The molecular weight excluding hydrogens is 493 g/mol. The molecule has 0 bridgehead atoms. The standard InChI is InChI=1S/C28H30FN3O6/c1-15-7-9-19-21(31(15)28(36)38-3)10-11-22-24(19)30-26(25(33)20-14-17(29)8-12-23(20)37-2)32(22)18-6-4-5-16(13-18)27(34)35/h8,10-12,14,16,18,25,33H,1,4-7,9,13H2,2-3H3,(H,34,35)/t16-,18-,25+/m1/s1. The van der Waals surface area contributed by atoms with Crippen LogP contribution in [0.4, 0.5) is 14.9 Å². The lowest BCUT2D eigenvalue weighted by Crippen LogP contribution is -2.33. The maximum Gasteiger partial charge on any atom is 0.418 e. The number of rotatable bonds is 5. The number of allylic oxidation sites excluding steroid dienone is 1.